The molecule has 0 atom stereocenters. The van der Waals surface area contributed by atoms with Gasteiger partial charge in [0.2, 0.25) is 0 Å². The van der Waals surface area contributed by atoms with E-state index < -0.39 is 11.6 Å². The van der Waals surface area contributed by atoms with Gasteiger partial charge in [-0.05, 0) is 42.5 Å². The van der Waals surface area contributed by atoms with Gasteiger partial charge in [-0.2, -0.15) is 0 Å². The summed E-state index contributed by atoms with van der Waals surface area (Å²) < 4.78 is 37.2. The zero-order chi connectivity index (χ0) is 19.2. The van der Waals surface area contributed by atoms with Crippen molar-refractivity contribution in [2.45, 2.75) is 0 Å². The van der Waals surface area contributed by atoms with Crippen molar-refractivity contribution in [1.29, 1.82) is 0 Å². The second-order valence-corrected chi connectivity index (χ2v) is 6.29. The molecule has 5 nitrogen and oxygen atoms in total. The lowest BCUT2D eigenvalue weighted by molar-refractivity contribution is 0.0619. The second kappa shape index (κ2) is 8.81. The van der Waals surface area contributed by atoms with E-state index in [4.69, 9.17) is 9.47 Å². The Bertz CT molecular complexity index is 775. The highest BCUT2D eigenvalue weighted by Gasteiger charge is 2.22. The SMILES string of the molecule is COc1ccc(OCCN2CCN(C(=O)c3ccc(F)c(F)c3)CC2)cc1. The van der Waals surface area contributed by atoms with Crippen molar-refractivity contribution in [3.63, 3.8) is 0 Å². The molecule has 0 spiro atoms. The molecule has 0 saturated carbocycles. The summed E-state index contributed by atoms with van der Waals surface area (Å²) in [7, 11) is 1.62. The van der Waals surface area contributed by atoms with E-state index in [9.17, 15) is 13.6 Å². The Morgan fingerprint density at radius 3 is 2.26 bits per heavy atom. The summed E-state index contributed by atoms with van der Waals surface area (Å²) in [6.45, 7) is 3.80. The molecular formula is C20H22F2N2O3. The van der Waals surface area contributed by atoms with E-state index in [1.54, 1.807) is 12.0 Å². The molecule has 0 unspecified atom stereocenters. The fraction of sp³-hybridized carbons (Fsp3) is 0.350. The normalized spacial score (nSPS) is 14.9. The molecule has 1 fully saturated rings. The highest BCUT2D eigenvalue weighted by Crippen LogP contribution is 2.17. The van der Waals surface area contributed by atoms with E-state index in [1.807, 2.05) is 24.3 Å². The Morgan fingerprint density at radius 2 is 1.63 bits per heavy atom. The van der Waals surface area contributed by atoms with Crippen LogP contribution in [-0.4, -0.2) is 62.1 Å². The summed E-state index contributed by atoms with van der Waals surface area (Å²) in [5.74, 6) is -0.668. The first-order chi connectivity index (χ1) is 13.1. The van der Waals surface area contributed by atoms with Crippen LogP contribution < -0.4 is 9.47 Å². The van der Waals surface area contributed by atoms with Crippen molar-refractivity contribution in [2.24, 2.45) is 0 Å². The van der Waals surface area contributed by atoms with E-state index in [0.717, 1.165) is 30.2 Å². The summed E-state index contributed by atoms with van der Waals surface area (Å²) >= 11 is 0. The van der Waals surface area contributed by atoms with Gasteiger partial charge in [0.25, 0.3) is 5.91 Å². The molecule has 0 bridgehead atoms. The smallest absolute Gasteiger partial charge is 0.254 e. The summed E-state index contributed by atoms with van der Waals surface area (Å²) in [5.41, 5.74) is 0.171. The summed E-state index contributed by atoms with van der Waals surface area (Å²) in [6, 6.07) is 10.7. The Labute approximate surface area is 157 Å². The lowest BCUT2D eigenvalue weighted by Crippen LogP contribution is -2.49. The number of benzene rings is 2. The molecule has 1 aliphatic heterocycles. The third-order valence-corrected chi connectivity index (χ3v) is 4.56. The molecule has 1 saturated heterocycles. The first kappa shape index (κ1) is 19.1. The fourth-order valence-electron chi connectivity index (χ4n) is 2.95. The maximum Gasteiger partial charge on any atom is 0.254 e. The number of carbonyl (C=O) groups is 1. The van der Waals surface area contributed by atoms with Crippen LogP contribution >= 0.6 is 0 Å². The van der Waals surface area contributed by atoms with Gasteiger partial charge in [0.15, 0.2) is 11.6 Å². The molecule has 2 aromatic carbocycles. The average molecular weight is 376 g/mol. The zero-order valence-corrected chi connectivity index (χ0v) is 15.2. The number of nitrogens with zero attached hydrogens (tertiary/aromatic N) is 2. The quantitative estimate of drug-likeness (QED) is 0.778. The van der Waals surface area contributed by atoms with Crippen molar-refractivity contribution < 1.29 is 23.0 Å². The number of piperazine rings is 1. The summed E-state index contributed by atoms with van der Waals surface area (Å²) in [6.07, 6.45) is 0. The highest BCUT2D eigenvalue weighted by molar-refractivity contribution is 5.94. The number of rotatable bonds is 6. The molecule has 27 heavy (non-hydrogen) atoms. The van der Waals surface area contributed by atoms with Gasteiger partial charge in [0.1, 0.15) is 18.1 Å². The Balaban J connectivity index is 1.43. The van der Waals surface area contributed by atoms with Gasteiger partial charge in [-0.1, -0.05) is 0 Å². The van der Waals surface area contributed by atoms with Gasteiger partial charge in [-0.15, -0.1) is 0 Å². The molecule has 7 heteroatoms. The van der Waals surface area contributed by atoms with Gasteiger partial charge in [-0.3, -0.25) is 9.69 Å². The first-order valence-corrected chi connectivity index (χ1v) is 8.80. The number of methoxy groups -OCH3 is 1. The Morgan fingerprint density at radius 1 is 0.963 bits per heavy atom. The van der Waals surface area contributed by atoms with Gasteiger partial charge < -0.3 is 14.4 Å². The molecule has 3 rings (SSSR count). The first-order valence-electron chi connectivity index (χ1n) is 8.80. The van der Waals surface area contributed by atoms with Crippen molar-refractivity contribution in [1.82, 2.24) is 9.80 Å². The number of amides is 1. The monoisotopic (exact) mass is 376 g/mol. The zero-order valence-electron chi connectivity index (χ0n) is 15.2. The number of ether oxygens (including phenoxy) is 2. The summed E-state index contributed by atoms with van der Waals surface area (Å²) in [5, 5.41) is 0. The topological polar surface area (TPSA) is 42.0 Å². The van der Waals surface area contributed by atoms with Crippen LogP contribution in [0.25, 0.3) is 0 Å². The predicted octanol–water partition coefficient (Wildman–Crippen LogP) is 2.81. The standard InChI is InChI=1S/C20H22F2N2O3/c1-26-16-3-5-17(6-4-16)27-13-12-23-8-10-24(11-9-23)20(25)15-2-7-18(21)19(22)14-15/h2-7,14H,8-13H2,1H3. The van der Waals surface area contributed by atoms with Gasteiger partial charge >= 0.3 is 0 Å². The van der Waals surface area contributed by atoms with Gasteiger partial charge in [0, 0.05) is 38.3 Å². The Kier molecular flexibility index (Phi) is 6.24. The molecule has 0 aliphatic carbocycles. The third-order valence-electron chi connectivity index (χ3n) is 4.56. The van der Waals surface area contributed by atoms with Gasteiger partial charge in [0.05, 0.1) is 7.11 Å². The molecule has 2 aromatic rings. The average Bonchev–Trinajstić information content (AvgIpc) is 2.70. The molecule has 1 aliphatic rings. The maximum absolute atomic E-state index is 13.3. The minimum atomic E-state index is -1.00. The fourth-order valence-corrected chi connectivity index (χ4v) is 2.95. The van der Waals surface area contributed by atoms with Crippen molar-refractivity contribution in [3.8, 4) is 11.5 Å². The molecule has 0 radical (unpaired) electrons. The van der Waals surface area contributed by atoms with Crippen molar-refractivity contribution in [2.75, 3.05) is 46.4 Å². The predicted molar refractivity (Wildman–Crippen MR) is 97.2 cm³/mol. The van der Waals surface area contributed by atoms with Crippen LogP contribution in [-0.2, 0) is 0 Å². The second-order valence-electron chi connectivity index (χ2n) is 6.29. The minimum absolute atomic E-state index is 0.171. The molecule has 0 aromatic heterocycles. The van der Waals surface area contributed by atoms with E-state index >= 15 is 0 Å². The van der Waals surface area contributed by atoms with Crippen LogP contribution in [0.15, 0.2) is 42.5 Å². The molecule has 144 valence electrons. The van der Waals surface area contributed by atoms with Crippen LogP contribution in [0.5, 0.6) is 11.5 Å². The van der Waals surface area contributed by atoms with Crippen LogP contribution in [0.2, 0.25) is 0 Å². The van der Waals surface area contributed by atoms with Crippen LogP contribution in [0.1, 0.15) is 10.4 Å². The van der Waals surface area contributed by atoms with Crippen LogP contribution in [0, 0.1) is 11.6 Å². The number of halogens is 2. The Hall–Kier alpha value is -2.67. The molecule has 1 amide bonds. The third kappa shape index (κ3) is 4.95. The minimum Gasteiger partial charge on any atom is -0.497 e. The van der Waals surface area contributed by atoms with Gasteiger partial charge in [-0.25, -0.2) is 8.78 Å². The lowest BCUT2D eigenvalue weighted by atomic mass is 10.1. The lowest BCUT2D eigenvalue weighted by Gasteiger charge is -2.34. The summed E-state index contributed by atoms with van der Waals surface area (Å²) in [4.78, 5) is 16.3. The molecular weight excluding hydrogens is 354 g/mol. The number of hydrogen-bond donors (Lipinski definition) is 0. The van der Waals surface area contributed by atoms with Crippen LogP contribution in [0.4, 0.5) is 8.78 Å². The number of hydrogen-bond acceptors (Lipinski definition) is 4. The maximum atomic E-state index is 13.3. The highest BCUT2D eigenvalue weighted by atomic mass is 19.2. The molecule has 0 N–H and O–H groups in total. The molecule has 1 heterocycles. The van der Waals surface area contributed by atoms with E-state index in [-0.39, 0.29) is 11.5 Å². The van der Waals surface area contributed by atoms with Crippen molar-refractivity contribution in [3.05, 3.63) is 59.7 Å². The van der Waals surface area contributed by atoms with E-state index in [2.05, 4.69) is 4.90 Å². The van der Waals surface area contributed by atoms with E-state index in [0.29, 0.717) is 32.8 Å². The van der Waals surface area contributed by atoms with Crippen molar-refractivity contribution >= 4 is 5.91 Å². The number of carbonyl (C=O) groups excluding carboxylic acids is 1. The van der Waals surface area contributed by atoms with E-state index in [1.165, 1.54) is 6.07 Å². The largest absolute Gasteiger partial charge is 0.497 e. The van der Waals surface area contributed by atoms with Crippen LogP contribution in [0.3, 0.4) is 0 Å².